The van der Waals surface area contributed by atoms with Gasteiger partial charge < -0.3 is 5.11 Å². The number of benzene rings is 1. The molecule has 0 heterocycles. The van der Waals surface area contributed by atoms with Gasteiger partial charge in [0.1, 0.15) is 6.10 Å². The minimum atomic E-state index is -0.475. The molecule has 0 aromatic heterocycles. The second-order valence-corrected chi connectivity index (χ2v) is 3.96. The zero-order chi connectivity index (χ0) is 11.6. The van der Waals surface area contributed by atoms with Gasteiger partial charge in [0.25, 0.3) is 0 Å². The van der Waals surface area contributed by atoms with Crippen LogP contribution in [0.3, 0.4) is 0 Å². The molecule has 16 heavy (non-hydrogen) atoms. The van der Waals surface area contributed by atoms with Crippen molar-refractivity contribution in [1.82, 2.24) is 0 Å². The van der Waals surface area contributed by atoms with Crippen LogP contribution in [-0.4, -0.2) is 11.2 Å². The van der Waals surface area contributed by atoms with Gasteiger partial charge in [-0.25, -0.2) is 0 Å². The number of hydrogen-bond acceptors (Lipinski definition) is 1. The summed E-state index contributed by atoms with van der Waals surface area (Å²) in [6, 6.07) is 10.2. The Morgan fingerprint density at radius 1 is 1.25 bits per heavy atom. The predicted molar refractivity (Wildman–Crippen MR) is 68.1 cm³/mol. The lowest BCUT2D eigenvalue weighted by Gasteiger charge is -2.03. The first-order chi connectivity index (χ1) is 7.83. The first-order valence-electron chi connectivity index (χ1n) is 6.03. The molecule has 0 amide bonds. The van der Waals surface area contributed by atoms with E-state index in [0.29, 0.717) is 0 Å². The Balaban J connectivity index is 2.24. The molecule has 0 unspecified atom stereocenters. The van der Waals surface area contributed by atoms with Crippen molar-refractivity contribution in [1.29, 1.82) is 0 Å². The molecule has 1 aromatic rings. The van der Waals surface area contributed by atoms with Gasteiger partial charge in [-0.3, -0.25) is 0 Å². The molecule has 0 fully saturated rings. The third kappa shape index (κ3) is 5.58. The molecular weight excluding hydrogens is 196 g/mol. The summed E-state index contributed by atoms with van der Waals surface area (Å²) in [7, 11) is 0. The number of aliphatic hydroxyl groups excluding tert-OH is 1. The first kappa shape index (κ1) is 12.8. The maximum absolute atomic E-state index is 9.64. The van der Waals surface area contributed by atoms with Gasteiger partial charge in [0.05, 0.1) is 0 Å². The number of rotatable bonds is 5. The average molecular weight is 216 g/mol. The number of aryl methyl sites for hydroxylation is 1. The van der Waals surface area contributed by atoms with Crippen LogP contribution >= 0.6 is 0 Å². The van der Waals surface area contributed by atoms with Crippen molar-refractivity contribution in [3.05, 3.63) is 35.9 Å². The van der Waals surface area contributed by atoms with Gasteiger partial charge in [-0.2, -0.15) is 0 Å². The maximum atomic E-state index is 9.64. The average Bonchev–Trinajstić information content (AvgIpc) is 2.33. The summed E-state index contributed by atoms with van der Waals surface area (Å²) in [4.78, 5) is 0. The molecule has 0 aliphatic carbocycles. The van der Waals surface area contributed by atoms with Crippen molar-refractivity contribution in [2.75, 3.05) is 0 Å². The summed E-state index contributed by atoms with van der Waals surface area (Å²) in [6.07, 6.45) is 4.33. The Labute approximate surface area is 98.5 Å². The van der Waals surface area contributed by atoms with Crippen LogP contribution in [0.15, 0.2) is 30.3 Å². The second-order valence-electron chi connectivity index (χ2n) is 3.96. The van der Waals surface area contributed by atoms with Gasteiger partial charge in [-0.1, -0.05) is 49.6 Å². The highest BCUT2D eigenvalue weighted by Crippen LogP contribution is 2.04. The van der Waals surface area contributed by atoms with Gasteiger partial charge >= 0.3 is 0 Å². The third-order valence-corrected chi connectivity index (χ3v) is 2.47. The first-order valence-corrected chi connectivity index (χ1v) is 6.03. The van der Waals surface area contributed by atoms with Crippen LogP contribution < -0.4 is 0 Å². The molecule has 1 nitrogen and oxygen atoms in total. The molecule has 1 rings (SSSR count). The SMILES string of the molecule is CCCCC#C[C@@H](O)CCc1ccccc1. The van der Waals surface area contributed by atoms with E-state index in [2.05, 4.69) is 30.9 Å². The lowest BCUT2D eigenvalue weighted by atomic mass is 10.1. The fourth-order valence-electron chi connectivity index (χ4n) is 1.48. The molecule has 0 saturated heterocycles. The lowest BCUT2D eigenvalue weighted by molar-refractivity contribution is 0.222. The quantitative estimate of drug-likeness (QED) is 0.592. The van der Waals surface area contributed by atoms with Gasteiger partial charge in [0.2, 0.25) is 0 Å². The van der Waals surface area contributed by atoms with E-state index in [1.165, 1.54) is 5.56 Å². The van der Waals surface area contributed by atoms with Crippen molar-refractivity contribution in [2.45, 2.75) is 45.1 Å². The molecule has 0 saturated carbocycles. The predicted octanol–water partition coefficient (Wildman–Crippen LogP) is 3.17. The van der Waals surface area contributed by atoms with Crippen LogP contribution in [0, 0.1) is 11.8 Å². The van der Waals surface area contributed by atoms with Crippen LogP contribution in [0.25, 0.3) is 0 Å². The van der Waals surface area contributed by atoms with E-state index in [0.717, 1.165) is 32.1 Å². The Morgan fingerprint density at radius 2 is 2.00 bits per heavy atom. The Kier molecular flexibility index (Phi) is 6.37. The minimum Gasteiger partial charge on any atom is -0.380 e. The standard InChI is InChI=1S/C15H20O/c1-2-3-4-8-11-15(16)13-12-14-9-6-5-7-10-14/h5-7,9-10,15-16H,2-4,12-13H2,1H3/t15-/m1/s1. The highest BCUT2D eigenvalue weighted by molar-refractivity contribution is 5.15. The fourth-order valence-corrected chi connectivity index (χ4v) is 1.48. The zero-order valence-corrected chi connectivity index (χ0v) is 9.95. The topological polar surface area (TPSA) is 20.2 Å². The second kappa shape index (κ2) is 7.96. The van der Waals surface area contributed by atoms with Crippen molar-refractivity contribution in [2.24, 2.45) is 0 Å². The molecule has 86 valence electrons. The van der Waals surface area contributed by atoms with Gasteiger partial charge in [-0.05, 0) is 24.8 Å². The van der Waals surface area contributed by atoms with E-state index in [9.17, 15) is 5.11 Å². The van der Waals surface area contributed by atoms with Crippen LogP contribution in [0.5, 0.6) is 0 Å². The highest BCUT2D eigenvalue weighted by Gasteiger charge is 1.99. The maximum Gasteiger partial charge on any atom is 0.115 e. The minimum absolute atomic E-state index is 0.475. The van der Waals surface area contributed by atoms with Crippen LogP contribution in [0.4, 0.5) is 0 Å². The lowest BCUT2D eigenvalue weighted by Crippen LogP contribution is -2.04. The summed E-state index contributed by atoms with van der Waals surface area (Å²) < 4.78 is 0. The largest absolute Gasteiger partial charge is 0.380 e. The summed E-state index contributed by atoms with van der Waals surface area (Å²) in [5, 5.41) is 9.64. The monoisotopic (exact) mass is 216 g/mol. The van der Waals surface area contributed by atoms with Gasteiger partial charge in [0.15, 0.2) is 0 Å². The smallest absolute Gasteiger partial charge is 0.115 e. The molecule has 0 aliphatic rings. The molecule has 0 bridgehead atoms. The van der Waals surface area contributed by atoms with Crippen molar-refractivity contribution >= 4 is 0 Å². The van der Waals surface area contributed by atoms with E-state index in [1.807, 2.05) is 18.2 Å². The third-order valence-electron chi connectivity index (χ3n) is 2.47. The number of hydrogen-bond donors (Lipinski definition) is 1. The van der Waals surface area contributed by atoms with Crippen LogP contribution in [0.2, 0.25) is 0 Å². The van der Waals surface area contributed by atoms with E-state index in [1.54, 1.807) is 0 Å². The summed E-state index contributed by atoms with van der Waals surface area (Å²) >= 11 is 0. The molecule has 0 aliphatic heterocycles. The number of aliphatic hydroxyl groups is 1. The van der Waals surface area contributed by atoms with Crippen molar-refractivity contribution in [3.63, 3.8) is 0 Å². The van der Waals surface area contributed by atoms with Crippen LogP contribution in [0.1, 0.15) is 38.2 Å². The summed E-state index contributed by atoms with van der Waals surface area (Å²) in [5.74, 6) is 5.92. The summed E-state index contributed by atoms with van der Waals surface area (Å²) in [6.45, 7) is 2.15. The fraction of sp³-hybridized carbons (Fsp3) is 0.467. The van der Waals surface area contributed by atoms with Gasteiger partial charge in [0, 0.05) is 6.42 Å². The molecular formula is C15H20O. The zero-order valence-electron chi connectivity index (χ0n) is 9.95. The Bertz CT molecular complexity index is 331. The molecule has 0 radical (unpaired) electrons. The molecule has 1 aromatic carbocycles. The van der Waals surface area contributed by atoms with Gasteiger partial charge in [-0.15, -0.1) is 5.92 Å². The highest BCUT2D eigenvalue weighted by atomic mass is 16.3. The molecule has 1 atom stereocenters. The van der Waals surface area contributed by atoms with Crippen LogP contribution in [-0.2, 0) is 6.42 Å². The normalized spacial score (nSPS) is 11.6. The van der Waals surface area contributed by atoms with E-state index in [4.69, 9.17) is 0 Å². The Morgan fingerprint density at radius 3 is 2.69 bits per heavy atom. The molecule has 1 N–H and O–H groups in total. The Hall–Kier alpha value is -1.26. The van der Waals surface area contributed by atoms with E-state index >= 15 is 0 Å². The van der Waals surface area contributed by atoms with E-state index in [-0.39, 0.29) is 0 Å². The number of unbranched alkanes of at least 4 members (excludes halogenated alkanes) is 2. The van der Waals surface area contributed by atoms with Crippen molar-refractivity contribution in [3.8, 4) is 11.8 Å². The molecule has 0 spiro atoms. The summed E-state index contributed by atoms with van der Waals surface area (Å²) in [5.41, 5.74) is 1.26. The molecule has 1 heteroatoms. The van der Waals surface area contributed by atoms with E-state index < -0.39 is 6.10 Å². The van der Waals surface area contributed by atoms with Crippen molar-refractivity contribution < 1.29 is 5.11 Å².